The van der Waals surface area contributed by atoms with Crippen LogP contribution in [0.1, 0.15) is 27.8 Å². The van der Waals surface area contributed by atoms with E-state index in [2.05, 4.69) is 20.4 Å². The molecule has 2 aromatic carbocycles. The van der Waals surface area contributed by atoms with Crippen LogP contribution in [0.4, 0.5) is 0 Å². The van der Waals surface area contributed by atoms with Gasteiger partial charge in [-0.2, -0.15) is 4.98 Å². The van der Waals surface area contributed by atoms with Crippen LogP contribution >= 0.6 is 0 Å². The average molecular weight is 380 g/mol. The number of methoxy groups -OCH3 is 1. The molecule has 3 aromatic rings. The lowest BCUT2D eigenvalue weighted by molar-refractivity contribution is 0.0941. The van der Waals surface area contributed by atoms with Crippen LogP contribution in [0.15, 0.2) is 53.1 Å². The Balaban J connectivity index is 1.69. The molecule has 0 radical (unpaired) electrons. The highest BCUT2D eigenvalue weighted by Crippen LogP contribution is 2.27. The lowest BCUT2D eigenvalue weighted by Gasteiger charge is -2.26. The summed E-state index contributed by atoms with van der Waals surface area (Å²) in [6.07, 6.45) is 0. The van der Waals surface area contributed by atoms with E-state index in [9.17, 15) is 4.79 Å². The average Bonchev–Trinajstić information content (AvgIpc) is 3.14. The van der Waals surface area contributed by atoms with E-state index in [4.69, 9.17) is 9.26 Å². The molecule has 0 aliphatic carbocycles. The smallest absolute Gasteiger partial charge is 0.257 e. The van der Waals surface area contributed by atoms with Crippen molar-refractivity contribution in [3.8, 4) is 17.2 Å². The lowest BCUT2D eigenvalue weighted by Crippen LogP contribution is -2.34. The third-order valence-electron chi connectivity index (χ3n) is 4.50. The molecule has 0 saturated carbocycles. The van der Waals surface area contributed by atoms with Crippen LogP contribution in [0.2, 0.25) is 0 Å². The third-order valence-corrected chi connectivity index (χ3v) is 4.50. The van der Waals surface area contributed by atoms with Crippen LogP contribution in [0.25, 0.3) is 11.5 Å². The van der Waals surface area contributed by atoms with Gasteiger partial charge in [0.05, 0.1) is 13.2 Å². The normalized spacial score (nSPS) is 12.0. The number of hydrogen-bond acceptors (Lipinski definition) is 6. The third kappa shape index (κ3) is 4.37. The van der Waals surface area contributed by atoms with Crippen molar-refractivity contribution < 1.29 is 14.1 Å². The summed E-state index contributed by atoms with van der Waals surface area (Å²) in [5, 5.41) is 6.78. The minimum atomic E-state index is -0.144. The summed E-state index contributed by atoms with van der Waals surface area (Å²) < 4.78 is 10.6. The van der Waals surface area contributed by atoms with E-state index in [0.717, 1.165) is 16.9 Å². The fourth-order valence-corrected chi connectivity index (χ4v) is 2.98. The molecule has 0 fully saturated rings. The Morgan fingerprint density at radius 2 is 1.89 bits per heavy atom. The van der Waals surface area contributed by atoms with Crippen LogP contribution in [0.5, 0.6) is 5.75 Å². The highest BCUT2D eigenvalue weighted by Gasteiger charge is 2.19. The van der Waals surface area contributed by atoms with Crippen molar-refractivity contribution in [1.29, 1.82) is 0 Å². The number of amides is 1. The molecule has 146 valence electrons. The molecule has 7 nitrogen and oxygen atoms in total. The number of carbonyl (C=O) groups is 1. The van der Waals surface area contributed by atoms with Crippen molar-refractivity contribution in [2.24, 2.45) is 0 Å². The summed E-state index contributed by atoms with van der Waals surface area (Å²) in [7, 11) is 5.60. The summed E-state index contributed by atoms with van der Waals surface area (Å²) in [6, 6.07) is 14.9. The molecular formula is C21H24N4O3. The largest absolute Gasteiger partial charge is 0.496 e. The zero-order valence-electron chi connectivity index (χ0n) is 16.5. The van der Waals surface area contributed by atoms with Gasteiger partial charge in [-0.1, -0.05) is 23.4 Å². The van der Waals surface area contributed by atoms with Crippen molar-refractivity contribution in [3.05, 3.63) is 65.5 Å². The number of aryl methyl sites for hydroxylation is 1. The lowest BCUT2D eigenvalue weighted by atomic mass is 10.0. The van der Waals surface area contributed by atoms with Gasteiger partial charge in [0.25, 0.3) is 11.8 Å². The Morgan fingerprint density at radius 3 is 2.50 bits per heavy atom. The van der Waals surface area contributed by atoms with E-state index >= 15 is 0 Å². The Labute approximate surface area is 164 Å². The predicted octanol–water partition coefficient (Wildman–Crippen LogP) is 3.09. The SMILES string of the molecule is COc1ccccc1C(CNC(=O)c1ccc(-c2nc(C)no2)cc1)N(C)C. The van der Waals surface area contributed by atoms with Crippen molar-refractivity contribution in [2.45, 2.75) is 13.0 Å². The van der Waals surface area contributed by atoms with Crippen molar-refractivity contribution in [2.75, 3.05) is 27.7 Å². The highest BCUT2D eigenvalue weighted by atomic mass is 16.5. The number of hydrogen-bond donors (Lipinski definition) is 1. The molecule has 1 atom stereocenters. The van der Waals surface area contributed by atoms with Crippen LogP contribution in [-0.2, 0) is 0 Å². The van der Waals surface area contributed by atoms with Crippen LogP contribution in [0.3, 0.4) is 0 Å². The maximum atomic E-state index is 12.6. The first kappa shape index (κ1) is 19.6. The Bertz CT molecular complexity index is 935. The molecule has 1 unspecified atom stereocenters. The fraction of sp³-hybridized carbons (Fsp3) is 0.286. The van der Waals surface area contributed by atoms with E-state index in [0.29, 0.717) is 23.8 Å². The van der Waals surface area contributed by atoms with Gasteiger partial charge < -0.3 is 19.5 Å². The second kappa shape index (κ2) is 8.67. The minimum Gasteiger partial charge on any atom is -0.496 e. The van der Waals surface area contributed by atoms with E-state index in [1.54, 1.807) is 38.3 Å². The summed E-state index contributed by atoms with van der Waals surface area (Å²) in [5.41, 5.74) is 2.37. The number of ether oxygens (including phenoxy) is 1. The first-order valence-electron chi connectivity index (χ1n) is 8.98. The van der Waals surface area contributed by atoms with Gasteiger partial charge in [0.1, 0.15) is 5.75 Å². The first-order valence-corrected chi connectivity index (χ1v) is 8.98. The van der Waals surface area contributed by atoms with Gasteiger partial charge in [-0.15, -0.1) is 0 Å². The highest BCUT2D eigenvalue weighted by molar-refractivity contribution is 5.94. The number of rotatable bonds is 7. The molecule has 0 aliphatic heterocycles. The molecule has 1 aromatic heterocycles. The zero-order chi connectivity index (χ0) is 20.1. The molecule has 0 spiro atoms. The number of carbonyl (C=O) groups excluding carboxylic acids is 1. The number of likely N-dealkylation sites (N-methyl/N-ethyl adjacent to an activating group) is 1. The molecule has 0 bridgehead atoms. The second-order valence-electron chi connectivity index (χ2n) is 6.66. The summed E-state index contributed by atoms with van der Waals surface area (Å²) in [5.74, 6) is 1.67. The van der Waals surface area contributed by atoms with Crippen molar-refractivity contribution >= 4 is 5.91 Å². The van der Waals surface area contributed by atoms with E-state index in [-0.39, 0.29) is 11.9 Å². The molecule has 1 amide bonds. The summed E-state index contributed by atoms with van der Waals surface area (Å²) in [4.78, 5) is 18.8. The van der Waals surface area contributed by atoms with E-state index in [1.165, 1.54) is 0 Å². The topological polar surface area (TPSA) is 80.5 Å². The maximum absolute atomic E-state index is 12.6. The molecular weight excluding hydrogens is 356 g/mol. The van der Waals surface area contributed by atoms with Crippen LogP contribution < -0.4 is 10.1 Å². The minimum absolute atomic E-state index is 0.0132. The van der Waals surface area contributed by atoms with Gasteiger partial charge >= 0.3 is 0 Å². The van der Waals surface area contributed by atoms with Gasteiger partial charge in [-0.05, 0) is 51.4 Å². The molecule has 3 rings (SSSR count). The van der Waals surface area contributed by atoms with Crippen molar-refractivity contribution in [1.82, 2.24) is 20.4 Å². The quantitative estimate of drug-likeness (QED) is 0.678. The monoisotopic (exact) mass is 380 g/mol. The molecule has 0 aliphatic rings. The Morgan fingerprint density at radius 1 is 1.18 bits per heavy atom. The van der Waals surface area contributed by atoms with Gasteiger partial charge in [0, 0.05) is 23.2 Å². The zero-order valence-corrected chi connectivity index (χ0v) is 16.5. The Kier molecular flexibility index (Phi) is 6.06. The number of nitrogens with zero attached hydrogens (tertiary/aromatic N) is 3. The molecule has 0 saturated heterocycles. The van der Waals surface area contributed by atoms with Gasteiger partial charge in [-0.25, -0.2) is 0 Å². The molecule has 7 heteroatoms. The number of nitrogens with one attached hydrogen (secondary N) is 1. The molecule has 1 heterocycles. The van der Waals surface area contributed by atoms with Crippen molar-refractivity contribution in [3.63, 3.8) is 0 Å². The first-order chi connectivity index (χ1) is 13.5. The maximum Gasteiger partial charge on any atom is 0.257 e. The standard InChI is InChI=1S/C21H24N4O3/c1-14-23-21(28-24-14)16-11-9-15(10-12-16)20(26)22-13-18(25(2)3)17-7-5-6-8-19(17)27-4/h5-12,18H,13H2,1-4H3,(H,22,26). The predicted molar refractivity (Wildman–Crippen MR) is 106 cm³/mol. The van der Waals surface area contributed by atoms with Crippen LogP contribution in [-0.4, -0.2) is 48.7 Å². The van der Waals surface area contributed by atoms with Gasteiger partial charge in [0.2, 0.25) is 0 Å². The van der Waals surface area contributed by atoms with Gasteiger partial charge in [-0.3, -0.25) is 4.79 Å². The number of para-hydroxylation sites is 1. The summed E-state index contributed by atoms with van der Waals surface area (Å²) in [6.45, 7) is 2.22. The second-order valence-corrected chi connectivity index (χ2v) is 6.66. The van der Waals surface area contributed by atoms with E-state index < -0.39 is 0 Å². The van der Waals surface area contributed by atoms with E-state index in [1.807, 2.05) is 38.4 Å². The van der Waals surface area contributed by atoms with Gasteiger partial charge in [0.15, 0.2) is 5.82 Å². The number of aromatic nitrogens is 2. The molecule has 28 heavy (non-hydrogen) atoms. The Hall–Kier alpha value is -3.19. The van der Waals surface area contributed by atoms with Crippen LogP contribution in [0, 0.1) is 6.92 Å². The fourth-order valence-electron chi connectivity index (χ4n) is 2.98. The summed E-state index contributed by atoms with van der Waals surface area (Å²) >= 11 is 0. The molecule has 1 N–H and O–H groups in total. The number of benzene rings is 2.